The molecule has 1 unspecified atom stereocenters. The topological polar surface area (TPSA) is 36.9 Å². The highest BCUT2D eigenvalue weighted by atomic mass is 35.5. The summed E-state index contributed by atoms with van der Waals surface area (Å²) in [5.41, 5.74) is 0. The van der Waals surface area contributed by atoms with E-state index in [1.807, 2.05) is 30.3 Å². The molecule has 0 aliphatic carbocycles. The average Bonchev–Trinajstić information content (AvgIpc) is 2.68. The molecule has 0 aliphatic heterocycles. The number of halogens is 1. The van der Waals surface area contributed by atoms with Gasteiger partial charge in [0.05, 0.1) is 19.8 Å². The summed E-state index contributed by atoms with van der Waals surface area (Å²) in [5, 5.41) is 1.99. The maximum absolute atomic E-state index is 6.06. The number of hydrogen-bond acceptors (Lipinski definition) is 4. The normalized spacial score (nSPS) is 12.2. The number of fused-ring (bicyclic) bond motifs is 1. The quantitative estimate of drug-likeness (QED) is 0.363. The van der Waals surface area contributed by atoms with Crippen molar-refractivity contribution in [2.75, 3.05) is 33.3 Å². The van der Waals surface area contributed by atoms with Crippen molar-refractivity contribution in [2.45, 2.75) is 38.7 Å². The van der Waals surface area contributed by atoms with Crippen LogP contribution in [0.3, 0.4) is 0 Å². The Morgan fingerprint density at radius 3 is 2.42 bits per heavy atom. The fourth-order valence-electron chi connectivity index (χ4n) is 2.81. The van der Waals surface area contributed by atoms with Gasteiger partial charge in [0.2, 0.25) is 0 Å². The van der Waals surface area contributed by atoms with Gasteiger partial charge in [-0.1, -0.05) is 44.0 Å². The minimum atomic E-state index is -0.0396. The van der Waals surface area contributed by atoms with E-state index in [0.29, 0.717) is 24.8 Å². The van der Waals surface area contributed by atoms with Gasteiger partial charge in [0.15, 0.2) is 11.5 Å². The number of unbranched alkanes of at least 4 members (excludes halogenated alkanes) is 2. The molecule has 144 valence electrons. The fraction of sp³-hybridized carbons (Fsp3) is 0.524. The smallest absolute Gasteiger partial charge is 0.169 e. The van der Waals surface area contributed by atoms with Crippen LogP contribution < -0.4 is 14.2 Å². The minimum Gasteiger partial charge on any atom is -0.493 e. The number of alkyl halides is 1. The van der Waals surface area contributed by atoms with Crippen molar-refractivity contribution in [3.8, 4) is 17.2 Å². The Bertz CT molecular complexity index is 674. The van der Waals surface area contributed by atoms with E-state index in [1.54, 1.807) is 14.2 Å². The molecular weight excluding hydrogens is 352 g/mol. The average molecular weight is 381 g/mol. The summed E-state index contributed by atoms with van der Waals surface area (Å²) < 4.78 is 23.1. The van der Waals surface area contributed by atoms with E-state index in [9.17, 15) is 0 Å². The minimum absolute atomic E-state index is 0.0396. The number of methoxy groups -OCH3 is 2. The molecule has 2 aromatic rings. The van der Waals surface area contributed by atoms with Gasteiger partial charge in [-0.2, -0.15) is 0 Å². The molecule has 0 aromatic heterocycles. The van der Waals surface area contributed by atoms with E-state index < -0.39 is 0 Å². The Kier molecular flexibility index (Phi) is 8.86. The van der Waals surface area contributed by atoms with Gasteiger partial charge in [-0.05, 0) is 12.8 Å². The van der Waals surface area contributed by atoms with Gasteiger partial charge in [-0.3, -0.25) is 0 Å². The molecule has 0 saturated heterocycles. The van der Waals surface area contributed by atoms with E-state index >= 15 is 0 Å². The lowest BCUT2D eigenvalue weighted by atomic mass is 10.1. The predicted octanol–water partition coefficient (Wildman–Crippen LogP) is 5.44. The van der Waals surface area contributed by atoms with Gasteiger partial charge < -0.3 is 18.9 Å². The molecule has 26 heavy (non-hydrogen) atoms. The maximum Gasteiger partial charge on any atom is 0.169 e. The summed E-state index contributed by atoms with van der Waals surface area (Å²) in [6, 6.07) is 9.95. The summed E-state index contributed by atoms with van der Waals surface area (Å²) in [6.45, 7) is 3.29. The van der Waals surface area contributed by atoms with E-state index in [-0.39, 0.29) is 6.10 Å². The molecular formula is C21H29ClO4. The maximum atomic E-state index is 6.06. The van der Waals surface area contributed by atoms with Crippen molar-refractivity contribution in [3.63, 3.8) is 0 Å². The van der Waals surface area contributed by atoms with Crippen LogP contribution in [0.2, 0.25) is 0 Å². The standard InChI is InChI=1S/C21H29ClO4/c1-4-5-8-13-25-21-18-10-7-6-9-17(18)19(14-20(21)24-3)26-15-16(23-2)11-12-22/h6-7,9-10,14,16H,4-5,8,11-13,15H2,1-3H3. The van der Waals surface area contributed by atoms with Gasteiger partial charge in [0, 0.05) is 29.8 Å². The molecule has 4 nitrogen and oxygen atoms in total. The zero-order valence-electron chi connectivity index (χ0n) is 15.9. The molecule has 0 spiro atoms. The Hall–Kier alpha value is -1.65. The number of rotatable bonds is 12. The second-order valence-electron chi connectivity index (χ2n) is 6.15. The summed E-state index contributed by atoms with van der Waals surface area (Å²) in [6.07, 6.45) is 4.05. The molecule has 0 N–H and O–H groups in total. The number of hydrogen-bond donors (Lipinski definition) is 0. The van der Waals surface area contributed by atoms with Crippen molar-refractivity contribution in [1.82, 2.24) is 0 Å². The van der Waals surface area contributed by atoms with Crippen LogP contribution in [0.25, 0.3) is 10.8 Å². The van der Waals surface area contributed by atoms with Gasteiger partial charge in [-0.25, -0.2) is 0 Å². The second kappa shape index (κ2) is 11.1. The lowest BCUT2D eigenvalue weighted by Crippen LogP contribution is -2.20. The van der Waals surface area contributed by atoms with Crippen LogP contribution in [-0.4, -0.2) is 39.4 Å². The van der Waals surface area contributed by atoms with Crippen LogP contribution in [0.5, 0.6) is 17.2 Å². The first kappa shape index (κ1) is 20.7. The van der Waals surface area contributed by atoms with Crippen LogP contribution in [0.4, 0.5) is 0 Å². The fourth-order valence-corrected chi connectivity index (χ4v) is 3.05. The molecule has 1 atom stereocenters. The Balaban J connectivity index is 2.28. The molecule has 2 rings (SSSR count). The molecule has 0 saturated carbocycles. The highest BCUT2D eigenvalue weighted by molar-refractivity contribution is 6.17. The number of benzene rings is 2. The summed E-state index contributed by atoms with van der Waals surface area (Å²) in [4.78, 5) is 0. The molecule has 5 heteroatoms. The third-order valence-corrected chi connectivity index (χ3v) is 4.54. The van der Waals surface area contributed by atoms with Gasteiger partial charge in [0.25, 0.3) is 0 Å². The first-order valence-corrected chi connectivity index (χ1v) is 9.72. The first-order chi connectivity index (χ1) is 12.7. The molecule has 0 fully saturated rings. The summed E-state index contributed by atoms with van der Waals surface area (Å²) in [5.74, 6) is 2.75. The lowest BCUT2D eigenvalue weighted by Gasteiger charge is -2.19. The second-order valence-corrected chi connectivity index (χ2v) is 6.53. The summed E-state index contributed by atoms with van der Waals surface area (Å²) >= 11 is 5.82. The van der Waals surface area contributed by atoms with Gasteiger partial charge in [0.1, 0.15) is 12.4 Å². The molecule has 2 aromatic carbocycles. The zero-order chi connectivity index (χ0) is 18.8. The van der Waals surface area contributed by atoms with Gasteiger partial charge >= 0.3 is 0 Å². The van der Waals surface area contributed by atoms with E-state index in [0.717, 1.165) is 48.0 Å². The first-order valence-electron chi connectivity index (χ1n) is 9.19. The van der Waals surface area contributed by atoms with Crippen LogP contribution in [0.1, 0.15) is 32.6 Å². The highest BCUT2D eigenvalue weighted by Crippen LogP contribution is 2.41. The Morgan fingerprint density at radius 2 is 1.77 bits per heavy atom. The summed E-state index contributed by atoms with van der Waals surface area (Å²) in [7, 11) is 3.32. The van der Waals surface area contributed by atoms with Gasteiger partial charge in [-0.15, -0.1) is 11.6 Å². The molecule has 0 radical (unpaired) electrons. The lowest BCUT2D eigenvalue weighted by molar-refractivity contribution is 0.0566. The van der Waals surface area contributed by atoms with Crippen LogP contribution in [-0.2, 0) is 4.74 Å². The highest BCUT2D eigenvalue weighted by Gasteiger charge is 2.16. The van der Waals surface area contributed by atoms with Crippen molar-refractivity contribution >= 4 is 22.4 Å². The monoisotopic (exact) mass is 380 g/mol. The Morgan fingerprint density at radius 1 is 1.00 bits per heavy atom. The predicted molar refractivity (Wildman–Crippen MR) is 107 cm³/mol. The zero-order valence-corrected chi connectivity index (χ0v) is 16.7. The van der Waals surface area contributed by atoms with Crippen molar-refractivity contribution in [3.05, 3.63) is 30.3 Å². The molecule has 0 heterocycles. The van der Waals surface area contributed by atoms with Crippen molar-refractivity contribution in [1.29, 1.82) is 0 Å². The van der Waals surface area contributed by atoms with Crippen LogP contribution in [0.15, 0.2) is 30.3 Å². The third kappa shape index (κ3) is 5.42. The van der Waals surface area contributed by atoms with E-state index in [4.69, 9.17) is 30.5 Å². The Labute approximate surface area is 161 Å². The molecule has 0 bridgehead atoms. The third-order valence-electron chi connectivity index (χ3n) is 4.33. The van der Waals surface area contributed by atoms with Crippen molar-refractivity contribution in [2.24, 2.45) is 0 Å². The molecule has 0 amide bonds. The SMILES string of the molecule is CCCCCOc1c(OC)cc(OCC(CCCl)OC)c2ccccc12. The van der Waals surface area contributed by atoms with Crippen molar-refractivity contribution < 1.29 is 18.9 Å². The van der Waals surface area contributed by atoms with E-state index in [2.05, 4.69) is 6.92 Å². The van der Waals surface area contributed by atoms with Crippen LogP contribution >= 0.6 is 11.6 Å². The number of ether oxygens (including phenoxy) is 4. The molecule has 0 aliphatic rings. The van der Waals surface area contributed by atoms with E-state index in [1.165, 1.54) is 0 Å². The van der Waals surface area contributed by atoms with Crippen LogP contribution in [0, 0.1) is 0 Å². The largest absolute Gasteiger partial charge is 0.493 e.